The number of nitrogens with two attached hydrogens (primary N) is 1. The summed E-state index contributed by atoms with van der Waals surface area (Å²) < 4.78 is 5.86. The van der Waals surface area contributed by atoms with E-state index in [2.05, 4.69) is 5.32 Å². The van der Waals surface area contributed by atoms with Crippen LogP contribution in [0.5, 0.6) is 5.75 Å². The number of likely N-dealkylation sites (N-methyl/N-ethyl adjacent to an activating group) is 1. The highest BCUT2D eigenvalue weighted by Crippen LogP contribution is 2.39. The topological polar surface area (TPSA) is 75.2 Å². The predicted molar refractivity (Wildman–Crippen MR) is 94.3 cm³/mol. The van der Waals surface area contributed by atoms with Crippen LogP contribution < -0.4 is 20.3 Å². The number of rotatable bonds is 5. The fourth-order valence-corrected chi connectivity index (χ4v) is 2.95. The molecule has 1 heterocycles. The Bertz CT molecular complexity index is 749. The molecule has 0 saturated heterocycles. The van der Waals surface area contributed by atoms with Gasteiger partial charge < -0.3 is 15.4 Å². The minimum absolute atomic E-state index is 0.0477. The number of benzene rings is 2. The third-order valence-electron chi connectivity index (χ3n) is 4.21. The Hall–Kier alpha value is -2.86. The number of hydrogen-bond donors (Lipinski definition) is 2. The van der Waals surface area contributed by atoms with Crippen molar-refractivity contribution in [2.75, 3.05) is 31.6 Å². The maximum absolute atomic E-state index is 12.9. The van der Waals surface area contributed by atoms with Gasteiger partial charge in [0.05, 0.1) is 11.7 Å². The number of ether oxygens (including phenoxy) is 1. The minimum Gasteiger partial charge on any atom is -0.489 e. The Labute approximate surface area is 146 Å². The Morgan fingerprint density at radius 3 is 2.60 bits per heavy atom. The highest BCUT2D eigenvalue weighted by molar-refractivity contribution is 5.96. The molecular weight excluding hydrogens is 318 g/mol. The molecule has 0 fully saturated rings. The van der Waals surface area contributed by atoms with Crippen LogP contribution in [0.1, 0.15) is 11.6 Å². The lowest BCUT2D eigenvalue weighted by Crippen LogP contribution is -2.89. The quantitative estimate of drug-likeness (QED) is 0.830. The van der Waals surface area contributed by atoms with E-state index in [0.29, 0.717) is 12.4 Å². The smallest absolute Gasteiger partial charge is 0.282 e. The van der Waals surface area contributed by atoms with E-state index in [1.165, 1.54) is 0 Å². The molecule has 130 valence electrons. The van der Waals surface area contributed by atoms with Crippen molar-refractivity contribution in [3.63, 3.8) is 0 Å². The Kier molecular flexibility index (Phi) is 5.30. The molecule has 3 N–H and O–H groups in total. The molecule has 2 aromatic rings. The molecule has 0 aromatic heterocycles. The largest absolute Gasteiger partial charge is 0.489 e. The molecule has 6 nitrogen and oxygen atoms in total. The number of hydrogen-bond acceptors (Lipinski definition) is 3. The first kappa shape index (κ1) is 17.0. The molecule has 1 atom stereocenters. The van der Waals surface area contributed by atoms with Gasteiger partial charge in [-0.05, 0) is 17.7 Å². The molecule has 1 aliphatic heterocycles. The van der Waals surface area contributed by atoms with Gasteiger partial charge in [-0.2, -0.15) is 0 Å². The molecule has 0 saturated carbocycles. The maximum Gasteiger partial charge on any atom is 0.282 e. The Balaban J connectivity index is 1.84. The fourth-order valence-electron chi connectivity index (χ4n) is 2.95. The first-order valence-electron chi connectivity index (χ1n) is 8.32. The molecule has 2 amide bonds. The molecule has 6 heteroatoms. The van der Waals surface area contributed by atoms with Gasteiger partial charge in [-0.1, -0.05) is 42.5 Å². The summed E-state index contributed by atoms with van der Waals surface area (Å²) in [6.45, 7) is 0.831. The monoisotopic (exact) mass is 340 g/mol. The van der Waals surface area contributed by atoms with Gasteiger partial charge >= 0.3 is 0 Å². The maximum atomic E-state index is 12.9. The van der Waals surface area contributed by atoms with Gasteiger partial charge in [0.25, 0.3) is 11.8 Å². The molecule has 2 aromatic carbocycles. The van der Waals surface area contributed by atoms with E-state index < -0.39 is 0 Å². The van der Waals surface area contributed by atoms with Gasteiger partial charge in [-0.15, -0.1) is 0 Å². The average molecular weight is 340 g/mol. The number of fused-ring (bicyclic) bond motifs is 1. The first-order chi connectivity index (χ1) is 12.2. The van der Waals surface area contributed by atoms with Gasteiger partial charge in [-0.3, -0.25) is 14.5 Å². The Morgan fingerprint density at radius 2 is 1.84 bits per heavy atom. The van der Waals surface area contributed by atoms with Crippen LogP contribution in [0.15, 0.2) is 54.6 Å². The number of carbonyl (C=O) groups excluding carboxylic acids is 2. The van der Waals surface area contributed by atoms with Crippen molar-refractivity contribution in [1.82, 2.24) is 5.32 Å². The lowest BCUT2D eigenvalue weighted by atomic mass is 10.0. The summed E-state index contributed by atoms with van der Waals surface area (Å²) in [6, 6.07) is 17.2. The van der Waals surface area contributed by atoms with Crippen molar-refractivity contribution < 1.29 is 19.6 Å². The van der Waals surface area contributed by atoms with Gasteiger partial charge in [0, 0.05) is 7.05 Å². The highest BCUT2D eigenvalue weighted by atomic mass is 16.5. The molecule has 25 heavy (non-hydrogen) atoms. The van der Waals surface area contributed by atoms with Crippen molar-refractivity contribution in [2.24, 2.45) is 0 Å². The number of carbonyl (C=O) groups is 2. The van der Waals surface area contributed by atoms with E-state index in [-0.39, 0.29) is 30.9 Å². The number of nitrogens with one attached hydrogen (secondary N) is 1. The van der Waals surface area contributed by atoms with E-state index in [1.54, 1.807) is 17.3 Å². The molecule has 1 aliphatic rings. The second-order valence-electron chi connectivity index (χ2n) is 5.84. The van der Waals surface area contributed by atoms with Crippen LogP contribution in [0.3, 0.4) is 0 Å². The lowest BCUT2D eigenvalue weighted by Gasteiger charge is -2.36. The van der Waals surface area contributed by atoms with Crippen LogP contribution in [0.2, 0.25) is 0 Å². The molecule has 0 spiro atoms. The molecule has 0 aliphatic carbocycles. The molecular formula is C19H22N3O3+. The van der Waals surface area contributed by atoms with Crippen LogP contribution in [0.25, 0.3) is 0 Å². The summed E-state index contributed by atoms with van der Waals surface area (Å²) in [5.74, 6) is 0.553. The van der Waals surface area contributed by atoms with Crippen LogP contribution in [-0.2, 0) is 9.59 Å². The zero-order valence-corrected chi connectivity index (χ0v) is 14.1. The molecule has 0 bridgehead atoms. The van der Waals surface area contributed by atoms with Crippen LogP contribution in [0, 0.1) is 0 Å². The van der Waals surface area contributed by atoms with Crippen molar-refractivity contribution in [2.45, 2.75) is 6.04 Å². The number of quaternary nitrogens is 1. The number of para-hydroxylation sites is 2. The normalized spacial score (nSPS) is 15.9. The fraction of sp³-hybridized carbons (Fsp3) is 0.263. The highest BCUT2D eigenvalue weighted by Gasteiger charge is 2.33. The third-order valence-corrected chi connectivity index (χ3v) is 4.21. The van der Waals surface area contributed by atoms with E-state index in [9.17, 15) is 9.59 Å². The van der Waals surface area contributed by atoms with Gasteiger partial charge in [-0.25, -0.2) is 0 Å². The molecule has 3 rings (SSSR count). The van der Waals surface area contributed by atoms with Crippen molar-refractivity contribution in [3.05, 3.63) is 60.2 Å². The summed E-state index contributed by atoms with van der Waals surface area (Å²) in [6.07, 6.45) is 0. The molecule has 0 unspecified atom stereocenters. The third kappa shape index (κ3) is 3.80. The lowest BCUT2D eigenvalue weighted by molar-refractivity contribution is -0.632. The molecule has 0 radical (unpaired) electrons. The summed E-state index contributed by atoms with van der Waals surface area (Å²) in [7, 11) is 1.58. The zero-order chi connectivity index (χ0) is 17.6. The standard InChI is InChI=1S/C19H21N3O3/c1-20-18(23)11-21-12-19(24)22-15-9-5-6-10-17(15)25-13-16(22)14-7-3-2-4-8-14/h2-10,16,21H,11-13H2,1H3,(H,20,23)/p+1/t16-/m1/s1. The summed E-state index contributed by atoms with van der Waals surface area (Å²) in [5, 5.41) is 4.26. The zero-order valence-electron chi connectivity index (χ0n) is 14.1. The van der Waals surface area contributed by atoms with Gasteiger partial charge in [0.15, 0.2) is 13.1 Å². The predicted octanol–water partition coefficient (Wildman–Crippen LogP) is 0.463. The number of amides is 2. The first-order valence-corrected chi connectivity index (χ1v) is 8.32. The second kappa shape index (κ2) is 7.81. The Morgan fingerprint density at radius 1 is 1.12 bits per heavy atom. The number of anilines is 1. The van der Waals surface area contributed by atoms with Crippen molar-refractivity contribution in [3.8, 4) is 5.75 Å². The SMILES string of the molecule is CNC(=O)C[NH2+]CC(=O)N1c2ccccc2OC[C@@H]1c1ccccc1. The summed E-state index contributed by atoms with van der Waals surface area (Å²) in [4.78, 5) is 26.1. The van der Waals surface area contributed by atoms with E-state index in [1.807, 2.05) is 54.6 Å². The van der Waals surface area contributed by atoms with Gasteiger partial charge in [0.2, 0.25) is 0 Å². The van der Waals surface area contributed by atoms with Crippen molar-refractivity contribution >= 4 is 17.5 Å². The van der Waals surface area contributed by atoms with E-state index in [0.717, 1.165) is 11.3 Å². The summed E-state index contributed by atoms with van der Waals surface area (Å²) in [5.41, 5.74) is 1.79. The van der Waals surface area contributed by atoms with E-state index >= 15 is 0 Å². The van der Waals surface area contributed by atoms with Crippen LogP contribution >= 0.6 is 0 Å². The van der Waals surface area contributed by atoms with Crippen LogP contribution in [-0.4, -0.2) is 38.6 Å². The number of nitrogens with zero attached hydrogens (tertiary/aromatic N) is 1. The second-order valence-corrected chi connectivity index (χ2v) is 5.84. The van der Waals surface area contributed by atoms with Crippen molar-refractivity contribution in [1.29, 1.82) is 0 Å². The van der Waals surface area contributed by atoms with Crippen LogP contribution in [0.4, 0.5) is 5.69 Å². The average Bonchev–Trinajstić information content (AvgIpc) is 2.67. The summed E-state index contributed by atoms with van der Waals surface area (Å²) >= 11 is 0. The van der Waals surface area contributed by atoms with Gasteiger partial charge in [0.1, 0.15) is 12.4 Å². The minimum atomic E-state index is -0.183. The van der Waals surface area contributed by atoms with E-state index in [4.69, 9.17) is 4.74 Å².